The Morgan fingerprint density at radius 2 is 2.11 bits per heavy atom. The molecule has 1 aliphatic rings. The first-order valence-electron chi connectivity index (χ1n) is 5.42. The molecule has 8 heteroatoms. The summed E-state index contributed by atoms with van der Waals surface area (Å²) in [6.07, 6.45) is 1.31. The van der Waals surface area contributed by atoms with Gasteiger partial charge in [-0.1, -0.05) is 12.1 Å². The fraction of sp³-hybridized carbons (Fsp3) is 0.0909. The normalized spacial score (nSPS) is 16.3. The largest absolute Gasteiger partial charge is 0.375 e. The third kappa shape index (κ3) is 2.08. The van der Waals surface area contributed by atoms with E-state index in [2.05, 4.69) is 9.98 Å². The Bertz CT molecular complexity index is 752. The molecule has 2 aromatic rings. The van der Waals surface area contributed by atoms with Crippen molar-refractivity contribution in [2.24, 2.45) is 4.99 Å². The molecule has 0 spiro atoms. The summed E-state index contributed by atoms with van der Waals surface area (Å²) in [5.41, 5.74) is 6.60. The lowest BCUT2D eigenvalue weighted by Gasteiger charge is -2.23. The highest BCUT2D eigenvalue weighted by Crippen LogP contribution is 2.30. The van der Waals surface area contributed by atoms with Gasteiger partial charge in [-0.15, -0.1) is 11.3 Å². The lowest BCUT2D eigenvalue weighted by molar-refractivity contribution is 0.519. The van der Waals surface area contributed by atoms with Crippen molar-refractivity contribution in [3.63, 3.8) is 0 Å². The van der Waals surface area contributed by atoms with E-state index in [0.29, 0.717) is 16.5 Å². The minimum atomic E-state index is -3.56. The van der Waals surface area contributed by atoms with E-state index in [9.17, 15) is 8.42 Å². The summed E-state index contributed by atoms with van der Waals surface area (Å²) in [5, 5.41) is 2.15. The van der Waals surface area contributed by atoms with Gasteiger partial charge in [0, 0.05) is 5.38 Å². The van der Waals surface area contributed by atoms with Crippen LogP contribution in [0, 0.1) is 0 Å². The molecule has 0 atom stereocenters. The van der Waals surface area contributed by atoms with Gasteiger partial charge in [-0.2, -0.15) is 0 Å². The van der Waals surface area contributed by atoms with Gasteiger partial charge in [0.05, 0.1) is 17.9 Å². The summed E-state index contributed by atoms with van der Waals surface area (Å²) in [6.45, 7) is 0.133. The molecule has 2 heterocycles. The van der Waals surface area contributed by atoms with Crippen LogP contribution in [0.3, 0.4) is 0 Å². The number of aliphatic imine (C=N–C) groups is 1. The molecule has 19 heavy (non-hydrogen) atoms. The van der Waals surface area contributed by atoms with Gasteiger partial charge in [0.1, 0.15) is 11.2 Å². The van der Waals surface area contributed by atoms with Gasteiger partial charge in [0.25, 0.3) is 10.0 Å². The van der Waals surface area contributed by atoms with Gasteiger partial charge in [-0.25, -0.2) is 18.4 Å². The Morgan fingerprint density at radius 3 is 2.84 bits per heavy atom. The highest BCUT2D eigenvalue weighted by molar-refractivity contribution is 7.89. The summed E-state index contributed by atoms with van der Waals surface area (Å²) < 4.78 is 26.0. The molecule has 98 valence electrons. The van der Waals surface area contributed by atoms with Crippen molar-refractivity contribution in [2.45, 2.75) is 11.4 Å². The van der Waals surface area contributed by atoms with Crippen molar-refractivity contribution >= 4 is 38.5 Å². The Labute approximate surface area is 114 Å². The molecule has 0 saturated heterocycles. The second kappa shape index (κ2) is 4.32. The summed E-state index contributed by atoms with van der Waals surface area (Å²) in [7, 11) is -3.56. The standard InChI is InChI=1S/C11H10N4O2S2/c12-11-14-8(6-18-11)5-15-7-13-9-3-1-2-4-10(9)19(15,16)17/h1-4,6-7H,5H2,(H2,12,14). The molecular weight excluding hydrogens is 284 g/mol. The quantitative estimate of drug-likeness (QED) is 0.911. The van der Waals surface area contributed by atoms with E-state index in [1.807, 2.05) is 0 Å². The fourth-order valence-corrected chi connectivity index (χ4v) is 3.69. The Balaban J connectivity index is 1.98. The van der Waals surface area contributed by atoms with E-state index in [-0.39, 0.29) is 11.4 Å². The summed E-state index contributed by atoms with van der Waals surface area (Å²) in [4.78, 5) is 8.40. The number of aromatic nitrogens is 1. The average Bonchev–Trinajstić information content (AvgIpc) is 2.79. The van der Waals surface area contributed by atoms with E-state index in [1.165, 1.54) is 22.0 Å². The number of anilines is 1. The molecule has 1 aromatic carbocycles. The van der Waals surface area contributed by atoms with Crippen LogP contribution in [-0.2, 0) is 16.6 Å². The molecular formula is C11H10N4O2S2. The minimum Gasteiger partial charge on any atom is -0.375 e. The zero-order valence-corrected chi connectivity index (χ0v) is 11.4. The Kier molecular flexibility index (Phi) is 2.76. The second-order valence-electron chi connectivity index (χ2n) is 3.94. The third-order valence-corrected chi connectivity index (χ3v) is 5.13. The highest BCUT2D eigenvalue weighted by atomic mass is 32.2. The van der Waals surface area contributed by atoms with E-state index in [1.54, 1.807) is 29.6 Å². The second-order valence-corrected chi connectivity index (χ2v) is 6.69. The van der Waals surface area contributed by atoms with Crippen LogP contribution in [0.2, 0.25) is 0 Å². The van der Waals surface area contributed by atoms with Crippen LogP contribution in [-0.4, -0.2) is 24.0 Å². The zero-order valence-electron chi connectivity index (χ0n) is 9.72. The summed E-state index contributed by atoms with van der Waals surface area (Å²) in [5.74, 6) is 0. The van der Waals surface area contributed by atoms with Crippen molar-refractivity contribution in [3.05, 3.63) is 35.3 Å². The van der Waals surface area contributed by atoms with Crippen molar-refractivity contribution in [3.8, 4) is 0 Å². The molecule has 0 amide bonds. The highest BCUT2D eigenvalue weighted by Gasteiger charge is 2.28. The molecule has 0 fully saturated rings. The van der Waals surface area contributed by atoms with Crippen LogP contribution in [0.25, 0.3) is 0 Å². The lowest BCUT2D eigenvalue weighted by Crippen LogP contribution is -2.31. The van der Waals surface area contributed by atoms with E-state index in [4.69, 9.17) is 5.73 Å². The monoisotopic (exact) mass is 294 g/mol. The first kappa shape index (κ1) is 12.1. The Hall–Kier alpha value is -1.93. The number of fused-ring (bicyclic) bond motifs is 1. The van der Waals surface area contributed by atoms with Crippen molar-refractivity contribution < 1.29 is 8.42 Å². The molecule has 0 bridgehead atoms. The number of thiazole rings is 1. The Morgan fingerprint density at radius 1 is 1.32 bits per heavy atom. The average molecular weight is 294 g/mol. The van der Waals surface area contributed by atoms with Gasteiger partial charge < -0.3 is 5.73 Å². The molecule has 2 N–H and O–H groups in total. The third-order valence-electron chi connectivity index (χ3n) is 2.66. The number of benzene rings is 1. The van der Waals surface area contributed by atoms with Gasteiger partial charge in [-0.3, -0.25) is 4.31 Å². The van der Waals surface area contributed by atoms with Crippen LogP contribution in [0.4, 0.5) is 10.8 Å². The number of para-hydroxylation sites is 1. The van der Waals surface area contributed by atoms with E-state index < -0.39 is 10.0 Å². The molecule has 3 rings (SSSR count). The number of nitrogens with two attached hydrogens (primary N) is 1. The SMILES string of the molecule is Nc1nc(CN2C=Nc3ccccc3S2(=O)=O)cs1. The topological polar surface area (TPSA) is 88.7 Å². The number of hydrogen-bond donors (Lipinski definition) is 1. The van der Waals surface area contributed by atoms with Crippen LogP contribution < -0.4 is 5.73 Å². The molecule has 0 aliphatic carbocycles. The number of sulfonamides is 1. The van der Waals surface area contributed by atoms with Gasteiger partial charge in [0.2, 0.25) is 0 Å². The number of nitrogen functional groups attached to an aromatic ring is 1. The van der Waals surface area contributed by atoms with Crippen LogP contribution >= 0.6 is 11.3 Å². The molecule has 0 unspecified atom stereocenters. The summed E-state index contributed by atoms with van der Waals surface area (Å²) in [6, 6.07) is 6.64. The van der Waals surface area contributed by atoms with Gasteiger partial charge >= 0.3 is 0 Å². The molecule has 1 aliphatic heterocycles. The van der Waals surface area contributed by atoms with Crippen molar-refractivity contribution in [1.29, 1.82) is 0 Å². The lowest BCUT2D eigenvalue weighted by atomic mass is 10.3. The van der Waals surface area contributed by atoms with Crippen molar-refractivity contribution in [2.75, 3.05) is 5.73 Å². The summed E-state index contributed by atoms with van der Waals surface area (Å²) >= 11 is 1.28. The van der Waals surface area contributed by atoms with Crippen molar-refractivity contribution in [1.82, 2.24) is 9.29 Å². The van der Waals surface area contributed by atoms with Crippen LogP contribution in [0.15, 0.2) is 39.5 Å². The predicted molar refractivity (Wildman–Crippen MR) is 73.8 cm³/mol. The number of hydrogen-bond acceptors (Lipinski definition) is 6. The first-order chi connectivity index (χ1) is 9.07. The maximum Gasteiger partial charge on any atom is 0.267 e. The van der Waals surface area contributed by atoms with Crippen LogP contribution in [0.1, 0.15) is 5.69 Å². The fourth-order valence-electron chi connectivity index (χ4n) is 1.78. The first-order valence-corrected chi connectivity index (χ1v) is 7.74. The number of rotatable bonds is 2. The van der Waals surface area contributed by atoms with Crippen LogP contribution in [0.5, 0.6) is 0 Å². The predicted octanol–water partition coefficient (Wildman–Crippen LogP) is 1.59. The maximum atomic E-state index is 12.4. The van der Waals surface area contributed by atoms with E-state index in [0.717, 1.165) is 0 Å². The maximum absolute atomic E-state index is 12.4. The van der Waals surface area contributed by atoms with Gasteiger partial charge in [-0.05, 0) is 12.1 Å². The minimum absolute atomic E-state index is 0.133. The molecule has 0 radical (unpaired) electrons. The molecule has 1 aromatic heterocycles. The smallest absolute Gasteiger partial charge is 0.267 e. The number of nitrogens with zero attached hydrogens (tertiary/aromatic N) is 3. The zero-order chi connectivity index (χ0) is 13.5. The van der Waals surface area contributed by atoms with E-state index >= 15 is 0 Å². The van der Waals surface area contributed by atoms with Gasteiger partial charge in [0.15, 0.2) is 5.13 Å². The molecule has 6 nitrogen and oxygen atoms in total. The molecule has 0 saturated carbocycles.